The van der Waals surface area contributed by atoms with Gasteiger partial charge in [0, 0.05) is 15.6 Å². The van der Waals surface area contributed by atoms with E-state index in [1.54, 1.807) is 11.3 Å². The number of aromatic nitrogens is 2. The molecule has 1 aliphatic rings. The van der Waals surface area contributed by atoms with Gasteiger partial charge in [-0.3, -0.25) is 0 Å². The van der Waals surface area contributed by atoms with E-state index >= 15 is 0 Å². The van der Waals surface area contributed by atoms with Crippen LogP contribution in [0.3, 0.4) is 0 Å². The normalized spacial score (nSPS) is 20.4. The average Bonchev–Trinajstić information content (AvgIpc) is 3.12. The van der Waals surface area contributed by atoms with E-state index < -0.39 is 0 Å². The maximum atomic E-state index is 10.7. The molecule has 1 aromatic carbocycles. The first-order valence-electron chi connectivity index (χ1n) is 9.04. The molecule has 0 bridgehead atoms. The highest BCUT2D eigenvalue weighted by molar-refractivity contribution is 7.17. The van der Waals surface area contributed by atoms with Crippen LogP contribution in [0.25, 0.3) is 21.3 Å². The molecule has 4 rings (SSSR count). The monoisotopic (exact) mass is 369 g/mol. The summed E-state index contributed by atoms with van der Waals surface area (Å²) in [5.41, 5.74) is 3.38. The lowest BCUT2D eigenvalue weighted by molar-refractivity contribution is 0.116. The van der Waals surface area contributed by atoms with E-state index in [-0.39, 0.29) is 17.9 Å². The van der Waals surface area contributed by atoms with Gasteiger partial charge in [-0.15, -0.1) is 21.5 Å². The van der Waals surface area contributed by atoms with Gasteiger partial charge in [-0.05, 0) is 61.4 Å². The minimum absolute atomic E-state index is 0.0255. The number of nitrogens with one attached hydrogen (secondary N) is 1. The molecule has 3 N–H and O–H groups in total. The van der Waals surface area contributed by atoms with E-state index in [0.29, 0.717) is 17.1 Å². The summed E-state index contributed by atoms with van der Waals surface area (Å²) in [6.07, 6.45) is 3.63. The van der Waals surface area contributed by atoms with Crippen molar-refractivity contribution in [2.75, 3.05) is 5.32 Å². The molecule has 1 aliphatic carbocycles. The predicted octanol–water partition coefficient (Wildman–Crippen LogP) is 4.40. The van der Waals surface area contributed by atoms with Crippen LogP contribution >= 0.6 is 11.3 Å². The average molecular weight is 369 g/mol. The predicted molar refractivity (Wildman–Crippen MR) is 106 cm³/mol. The largest absolute Gasteiger partial charge is 0.507 e. The van der Waals surface area contributed by atoms with Crippen LogP contribution in [0, 0.1) is 13.8 Å². The second-order valence-corrected chi connectivity index (χ2v) is 7.99. The van der Waals surface area contributed by atoms with Crippen molar-refractivity contribution in [2.24, 2.45) is 0 Å². The Labute approximate surface area is 156 Å². The lowest BCUT2D eigenvalue weighted by Gasteiger charge is -2.29. The maximum absolute atomic E-state index is 10.7. The number of anilines is 1. The Bertz CT molecular complexity index is 954. The zero-order chi connectivity index (χ0) is 18.3. The zero-order valence-corrected chi connectivity index (χ0v) is 15.8. The van der Waals surface area contributed by atoms with Crippen LogP contribution in [0.5, 0.6) is 5.75 Å². The number of hydrogen-bond donors (Lipinski definition) is 3. The molecular formula is C20H23N3O2S. The maximum Gasteiger partial charge on any atom is 0.152 e. The van der Waals surface area contributed by atoms with Crippen molar-refractivity contribution in [1.29, 1.82) is 0 Å². The fourth-order valence-electron chi connectivity index (χ4n) is 3.67. The van der Waals surface area contributed by atoms with Crippen molar-refractivity contribution in [3.05, 3.63) is 34.7 Å². The summed E-state index contributed by atoms with van der Waals surface area (Å²) >= 11 is 1.61. The summed E-state index contributed by atoms with van der Waals surface area (Å²) in [7, 11) is 0. The number of aliphatic hydroxyl groups excluding tert-OH is 1. The second-order valence-electron chi connectivity index (χ2n) is 7.04. The summed E-state index contributed by atoms with van der Waals surface area (Å²) in [5.74, 6) is 0.970. The topological polar surface area (TPSA) is 78.3 Å². The van der Waals surface area contributed by atoms with Gasteiger partial charge in [-0.1, -0.05) is 12.8 Å². The summed E-state index contributed by atoms with van der Waals surface area (Å²) in [4.78, 5) is 0. The number of thiophene rings is 1. The standard InChI is InChI=1S/C20H23N3O2S/c1-11-12(2)20(21-15-5-3-4-6-16(15)24)23-22-18(11)14-7-8-17-13(19(14)25)9-10-26-17/h7-10,15-16,24-25H,3-6H2,1-2H3,(H,21,23)/t15-,16+/m1/s1. The lowest BCUT2D eigenvalue weighted by Crippen LogP contribution is -2.36. The molecule has 0 saturated heterocycles. The third-order valence-corrected chi connectivity index (χ3v) is 6.32. The number of hydrogen-bond acceptors (Lipinski definition) is 6. The van der Waals surface area contributed by atoms with Gasteiger partial charge in [0.25, 0.3) is 0 Å². The molecule has 0 aliphatic heterocycles. The van der Waals surface area contributed by atoms with E-state index in [4.69, 9.17) is 0 Å². The second kappa shape index (κ2) is 6.85. The Morgan fingerprint density at radius 2 is 1.88 bits per heavy atom. The molecule has 0 radical (unpaired) electrons. The SMILES string of the molecule is Cc1c(N[C@@H]2CCCC[C@@H]2O)nnc(-c2ccc3sccc3c2O)c1C. The first-order valence-corrected chi connectivity index (χ1v) is 9.92. The number of phenolic OH excluding ortho intramolecular Hbond substituents is 1. The minimum Gasteiger partial charge on any atom is -0.507 e. The van der Waals surface area contributed by atoms with Crippen molar-refractivity contribution in [3.8, 4) is 17.0 Å². The van der Waals surface area contributed by atoms with E-state index in [2.05, 4.69) is 15.5 Å². The number of benzene rings is 1. The molecule has 2 aromatic heterocycles. The Morgan fingerprint density at radius 3 is 2.69 bits per heavy atom. The summed E-state index contributed by atoms with van der Waals surface area (Å²) in [5, 5.41) is 35.8. The Balaban J connectivity index is 1.70. The van der Waals surface area contributed by atoms with E-state index in [1.807, 2.05) is 37.4 Å². The van der Waals surface area contributed by atoms with Crippen LogP contribution < -0.4 is 5.32 Å². The molecule has 2 heterocycles. The van der Waals surface area contributed by atoms with Crippen molar-refractivity contribution in [1.82, 2.24) is 10.2 Å². The smallest absolute Gasteiger partial charge is 0.152 e. The van der Waals surface area contributed by atoms with Gasteiger partial charge < -0.3 is 15.5 Å². The number of phenols is 1. The third-order valence-electron chi connectivity index (χ3n) is 5.44. The highest BCUT2D eigenvalue weighted by atomic mass is 32.1. The van der Waals surface area contributed by atoms with Gasteiger partial charge in [0.1, 0.15) is 5.75 Å². The van der Waals surface area contributed by atoms with Crippen LogP contribution in [-0.2, 0) is 0 Å². The molecule has 26 heavy (non-hydrogen) atoms. The number of aliphatic hydroxyl groups is 1. The Hall–Kier alpha value is -2.18. The van der Waals surface area contributed by atoms with Gasteiger partial charge in [0.05, 0.1) is 17.8 Å². The highest BCUT2D eigenvalue weighted by Crippen LogP contribution is 2.39. The molecule has 136 valence electrons. The van der Waals surface area contributed by atoms with Gasteiger partial charge >= 0.3 is 0 Å². The number of fused-ring (bicyclic) bond motifs is 1. The van der Waals surface area contributed by atoms with Crippen LogP contribution in [-0.4, -0.2) is 32.6 Å². The van der Waals surface area contributed by atoms with Crippen molar-refractivity contribution in [3.63, 3.8) is 0 Å². The molecule has 1 fully saturated rings. The van der Waals surface area contributed by atoms with Crippen molar-refractivity contribution < 1.29 is 10.2 Å². The number of rotatable bonds is 3. The van der Waals surface area contributed by atoms with Crippen molar-refractivity contribution >= 4 is 27.2 Å². The molecular weight excluding hydrogens is 346 g/mol. The molecule has 6 heteroatoms. The fraction of sp³-hybridized carbons (Fsp3) is 0.400. The Morgan fingerprint density at radius 1 is 1.08 bits per heavy atom. The fourth-order valence-corrected chi connectivity index (χ4v) is 4.46. The molecule has 0 unspecified atom stereocenters. The minimum atomic E-state index is -0.338. The zero-order valence-electron chi connectivity index (χ0n) is 15.0. The van der Waals surface area contributed by atoms with Gasteiger partial charge in [-0.25, -0.2) is 0 Å². The number of nitrogens with zero attached hydrogens (tertiary/aromatic N) is 2. The summed E-state index contributed by atoms with van der Waals surface area (Å²) < 4.78 is 1.05. The number of aromatic hydroxyl groups is 1. The van der Waals surface area contributed by atoms with Gasteiger partial charge in [-0.2, -0.15) is 0 Å². The van der Waals surface area contributed by atoms with Gasteiger partial charge in [0.15, 0.2) is 5.82 Å². The van der Waals surface area contributed by atoms with Crippen LogP contribution in [0.15, 0.2) is 23.6 Å². The Kier molecular flexibility index (Phi) is 4.54. The summed E-state index contributed by atoms with van der Waals surface area (Å²) in [6.45, 7) is 4.00. The first-order chi connectivity index (χ1) is 12.6. The van der Waals surface area contributed by atoms with Crippen LogP contribution in [0.2, 0.25) is 0 Å². The van der Waals surface area contributed by atoms with E-state index in [0.717, 1.165) is 46.9 Å². The summed E-state index contributed by atoms with van der Waals surface area (Å²) in [6, 6.07) is 5.87. The lowest BCUT2D eigenvalue weighted by atomic mass is 9.92. The van der Waals surface area contributed by atoms with Crippen LogP contribution in [0.1, 0.15) is 36.8 Å². The molecule has 5 nitrogen and oxygen atoms in total. The van der Waals surface area contributed by atoms with E-state index in [9.17, 15) is 10.2 Å². The molecule has 0 amide bonds. The molecule has 3 aromatic rings. The van der Waals surface area contributed by atoms with E-state index in [1.165, 1.54) is 0 Å². The first kappa shape index (κ1) is 17.2. The third kappa shape index (κ3) is 2.93. The molecule has 1 saturated carbocycles. The van der Waals surface area contributed by atoms with Gasteiger partial charge in [0.2, 0.25) is 0 Å². The molecule has 2 atom stereocenters. The van der Waals surface area contributed by atoms with Crippen LogP contribution in [0.4, 0.5) is 5.82 Å². The highest BCUT2D eigenvalue weighted by Gasteiger charge is 2.24. The quantitative estimate of drug-likeness (QED) is 0.638. The molecule has 0 spiro atoms. The van der Waals surface area contributed by atoms with Crippen molar-refractivity contribution in [2.45, 2.75) is 51.7 Å².